The quantitative estimate of drug-likeness (QED) is 0.735. The summed E-state index contributed by atoms with van der Waals surface area (Å²) in [6, 6.07) is 4.82. The van der Waals surface area contributed by atoms with Crippen molar-refractivity contribution in [2.24, 2.45) is 0 Å². The van der Waals surface area contributed by atoms with E-state index in [9.17, 15) is 13.2 Å². The van der Waals surface area contributed by atoms with Gasteiger partial charge in [0.1, 0.15) is 0 Å². The lowest BCUT2D eigenvalue weighted by Gasteiger charge is -2.18. The van der Waals surface area contributed by atoms with E-state index in [2.05, 4.69) is 0 Å². The van der Waals surface area contributed by atoms with Crippen LogP contribution in [0.25, 0.3) is 0 Å². The molecule has 0 saturated carbocycles. The van der Waals surface area contributed by atoms with Crippen molar-refractivity contribution >= 4 is 31.3 Å². The van der Waals surface area contributed by atoms with Crippen molar-refractivity contribution in [3.8, 4) is 0 Å². The Kier molecular flexibility index (Phi) is 3.14. The number of halogens is 1. The summed E-state index contributed by atoms with van der Waals surface area (Å²) in [6.45, 7) is 0. The van der Waals surface area contributed by atoms with Gasteiger partial charge in [0.25, 0.3) is 9.05 Å². The zero-order valence-electron chi connectivity index (χ0n) is 9.31. The molecule has 0 aromatic heterocycles. The molecule has 6 heteroatoms. The Bertz CT molecular complexity index is 568. The minimum absolute atomic E-state index is 0.00660. The number of fused-ring (bicyclic) bond motifs is 1. The van der Waals surface area contributed by atoms with Crippen molar-refractivity contribution in [3.63, 3.8) is 0 Å². The molecule has 1 aromatic carbocycles. The highest BCUT2D eigenvalue weighted by molar-refractivity contribution is 8.13. The fourth-order valence-corrected chi connectivity index (χ4v) is 3.24. The maximum atomic E-state index is 11.7. The van der Waals surface area contributed by atoms with Crippen molar-refractivity contribution in [3.05, 3.63) is 23.8 Å². The number of rotatable bonds is 1. The molecule has 0 bridgehead atoms. The molecule has 1 amide bonds. The summed E-state index contributed by atoms with van der Waals surface area (Å²) in [7, 11) is 3.28. The highest BCUT2D eigenvalue weighted by Crippen LogP contribution is 2.32. The molecule has 0 spiro atoms. The maximum absolute atomic E-state index is 11.7. The molecule has 4 nitrogen and oxygen atoms in total. The second kappa shape index (κ2) is 4.31. The van der Waals surface area contributed by atoms with E-state index >= 15 is 0 Å². The van der Waals surface area contributed by atoms with Gasteiger partial charge in [-0.15, -0.1) is 0 Å². The molecule has 92 valence electrons. The van der Waals surface area contributed by atoms with Gasteiger partial charge in [-0.2, -0.15) is 0 Å². The molecule has 1 aromatic rings. The largest absolute Gasteiger partial charge is 0.315 e. The Labute approximate surface area is 105 Å². The van der Waals surface area contributed by atoms with Crippen LogP contribution in [0.15, 0.2) is 23.1 Å². The molecule has 0 aliphatic carbocycles. The van der Waals surface area contributed by atoms with Crippen LogP contribution in [-0.4, -0.2) is 21.4 Å². The number of hydrogen-bond acceptors (Lipinski definition) is 3. The van der Waals surface area contributed by atoms with Crippen molar-refractivity contribution < 1.29 is 13.2 Å². The first-order valence-corrected chi connectivity index (χ1v) is 7.55. The summed E-state index contributed by atoms with van der Waals surface area (Å²) in [5.41, 5.74) is 1.27. The molecule has 1 heterocycles. The standard InChI is InChI=1S/C11H12ClNO3S/c1-13-9-5-3-6-10(17(12,15)16)8(9)4-2-7-11(13)14/h3,5-6H,2,4,7H2,1H3. The van der Waals surface area contributed by atoms with Gasteiger partial charge in [0.05, 0.1) is 4.90 Å². The van der Waals surface area contributed by atoms with Crippen LogP contribution in [-0.2, 0) is 20.3 Å². The number of amides is 1. The summed E-state index contributed by atoms with van der Waals surface area (Å²) < 4.78 is 22.9. The van der Waals surface area contributed by atoms with Gasteiger partial charge in [-0.3, -0.25) is 4.79 Å². The van der Waals surface area contributed by atoms with Gasteiger partial charge in [0, 0.05) is 29.8 Å². The van der Waals surface area contributed by atoms with Gasteiger partial charge in [-0.05, 0) is 30.5 Å². The van der Waals surface area contributed by atoms with E-state index in [1.165, 1.54) is 11.0 Å². The molecule has 0 saturated heterocycles. The number of nitrogens with zero attached hydrogens (tertiary/aromatic N) is 1. The molecular weight excluding hydrogens is 262 g/mol. The van der Waals surface area contributed by atoms with Crippen LogP contribution in [0.4, 0.5) is 5.69 Å². The molecule has 0 unspecified atom stereocenters. The fraction of sp³-hybridized carbons (Fsp3) is 0.364. The van der Waals surface area contributed by atoms with E-state index in [0.29, 0.717) is 30.5 Å². The molecular formula is C11H12ClNO3S. The molecule has 0 atom stereocenters. The summed E-state index contributed by atoms with van der Waals surface area (Å²) in [4.78, 5) is 13.3. The highest BCUT2D eigenvalue weighted by Gasteiger charge is 2.24. The Hall–Kier alpha value is -1.07. The number of carbonyl (C=O) groups excluding carboxylic acids is 1. The van der Waals surface area contributed by atoms with Crippen LogP contribution in [0.5, 0.6) is 0 Å². The summed E-state index contributed by atoms with van der Waals surface area (Å²) >= 11 is 0. The summed E-state index contributed by atoms with van der Waals surface area (Å²) in [6.07, 6.45) is 1.61. The Morgan fingerprint density at radius 2 is 2.00 bits per heavy atom. The summed E-state index contributed by atoms with van der Waals surface area (Å²) in [5, 5.41) is 0. The Morgan fingerprint density at radius 1 is 1.29 bits per heavy atom. The van der Waals surface area contributed by atoms with Gasteiger partial charge < -0.3 is 4.90 Å². The monoisotopic (exact) mass is 273 g/mol. The molecule has 0 radical (unpaired) electrons. The second-order valence-electron chi connectivity index (χ2n) is 4.00. The predicted molar refractivity (Wildman–Crippen MR) is 65.8 cm³/mol. The van der Waals surface area contributed by atoms with Crippen LogP contribution in [0, 0.1) is 0 Å². The smallest absolute Gasteiger partial charge is 0.261 e. The zero-order valence-corrected chi connectivity index (χ0v) is 10.9. The van der Waals surface area contributed by atoms with Crippen LogP contribution >= 0.6 is 10.7 Å². The van der Waals surface area contributed by atoms with Crippen molar-refractivity contribution in [2.75, 3.05) is 11.9 Å². The van der Waals surface area contributed by atoms with Gasteiger partial charge in [0.2, 0.25) is 5.91 Å². The van der Waals surface area contributed by atoms with E-state index in [1.807, 2.05) is 0 Å². The van der Waals surface area contributed by atoms with Crippen molar-refractivity contribution in [1.29, 1.82) is 0 Å². The lowest BCUT2D eigenvalue weighted by Crippen LogP contribution is -2.25. The molecule has 17 heavy (non-hydrogen) atoms. The number of carbonyl (C=O) groups is 1. The Morgan fingerprint density at radius 3 is 2.65 bits per heavy atom. The zero-order chi connectivity index (χ0) is 12.6. The molecule has 0 N–H and O–H groups in total. The lowest BCUT2D eigenvalue weighted by molar-refractivity contribution is -0.118. The minimum Gasteiger partial charge on any atom is -0.315 e. The van der Waals surface area contributed by atoms with Crippen molar-refractivity contribution in [1.82, 2.24) is 0 Å². The van der Waals surface area contributed by atoms with Gasteiger partial charge >= 0.3 is 0 Å². The minimum atomic E-state index is -3.77. The van der Waals surface area contributed by atoms with Crippen molar-refractivity contribution in [2.45, 2.75) is 24.2 Å². The average molecular weight is 274 g/mol. The van der Waals surface area contributed by atoms with Gasteiger partial charge in [-0.1, -0.05) is 6.07 Å². The Balaban J connectivity index is 2.66. The number of benzene rings is 1. The van der Waals surface area contributed by atoms with E-state index in [1.54, 1.807) is 19.2 Å². The van der Waals surface area contributed by atoms with E-state index < -0.39 is 9.05 Å². The first-order chi connectivity index (χ1) is 7.91. The van der Waals surface area contributed by atoms with Crippen LogP contribution < -0.4 is 4.90 Å². The first kappa shape index (κ1) is 12.4. The third-order valence-corrected chi connectivity index (χ3v) is 4.33. The fourth-order valence-electron chi connectivity index (χ4n) is 2.07. The van der Waals surface area contributed by atoms with E-state index in [0.717, 1.165) is 0 Å². The highest BCUT2D eigenvalue weighted by atomic mass is 35.7. The predicted octanol–water partition coefficient (Wildman–Crippen LogP) is 1.91. The van der Waals surface area contributed by atoms with E-state index in [4.69, 9.17) is 10.7 Å². The molecule has 2 rings (SSSR count). The first-order valence-electron chi connectivity index (χ1n) is 5.24. The molecule has 1 aliphatic heterocycles. The normalized spacial score (nSPS) is 16.6. The van der Waals surface area contributed by atoms with Crippen LogP contribution in [0.3, 0.4) is 0 Å². The number of hydrogen-bond donors (Lipinski definition) is 0. The summed E-state index contributed by atoms with van der Waals surface area (Å²) in [5.74, 6) is -0.00660. The third-order valence-electron chi connectivity index (χ3n) is 2.92. The maximum Gasteiger partial charge on any atom is 0.261 e. The van der Waals surface area contributed by atoms with Crippen LogP contribution in [0.1, 0.15) is 18.4 Å². The second-order valence-corrected chi connectivity index (χ2v) is 6.53. The molecule has 1 aliphatic rings. The van der Waals surface area contributed by atoms with Gasteiger partial charge in [0.15, 0.2) is 0 Å². The lowest BCUT2D eigenvalue weighted by atomic mass is 10.1. The van der Waals surface area contributed by atoms with Crippen LogP contribution in [0.2, 0.25) is 0 Å². The SMILES string of the molecule is CN1C(=O)CCCc2c1cccc2S(=O)(=O)Cl. The van der Waals surface area contributed by atoms with E-state index in [-0.39, 0.29) is 10.8 Å². The van der Waals surface area contributed by atoms with Gasteiger partial charge in [-0.25, -0.2) is 8.42 Å². The number of anilines is 1. The third kappa shape index (κ3) is 2.30. The topological polar surface area (TPSA) is 54.5 Å². The molecule has 0 fully saturated rings. The average Bonchev–Trinajstić information content (AvgIpc) is 2.39.